The van der Waals surface area contributed by atoms with Crippen LogP contribution in [0.1, 0.15) is 42.6 Å². The van der Waals surface area contributed by atoms with Gasteiger partial charge in [-0.05, 0) is 42.7 Å². The Kier molecular flexibility index (Phi) is 6.80. The Bertz CT molecular complexity index is 995. The molecule has 2 aliphatic rings. The van der Waals surface area contributed by atoms with Crippen molar-refractivity contribution >= 4 is 23.4 Å². The largest absolute Gasteiger partial charge is 0.384 e. The molecule has 2 saturated heterocycles. The number of hydrogen-bond donors (Lipinski definition) is 2. The molecular formula is C26H31ClN2O4. The second-order valence-electron chi connectivity index (χ2n) is 9.68. The van der Waals surface area contributed by atoms with E-state index in [4.69, 9.17) is 16.3 Å². The molecule has 2 heterocycles. The smallest absolute Gasteiger partial charge is 0.251 e. The number of aliphatic hydroxyl groups is 1. The zero-order chi connectivity index (χ0) is 23.6. The van der Waals surface area contributed by atoms with Crippen molar-refractivity contribution < 1.29 is 19.4 Å². The topological polar surface area (TPSA) is 78.9 Å². The van der Waals surface area contributed by atoms with E-state index in [1.165, 1.54) is 0 Å². The van der Waals surface area contributed by atoms with Gasteiger partial charge in [0.15, 0.2) is 0 Å². The van der Waals surface area contributed by atoms with Crippen molar-refractivity contribution in [3.8, 4) is 0 Å². The lowest BCUT2D eigenvalue weighted by Crippen LogP contribution is -2.60. The summed E-state index contributed by atoms with van der Waals surface area (Å²) in [6, 6.07) is 16.0. The van der Waals surface area contributed by atoms with Gasteiger partial charge in [0.25, 0.3) is 5.91 Å². The number of rotatable bonds is 4. The van der Waals surface area contributed by atoms with Gasteiger partial charge in [-0.25, -0.2) is 0 Å². The first kappa shape index (κ1) is 23.7. The minimum absolute atomic E-state index is 0.0423. The minimum Gasteiger partial charge on any atom is -0.384 e. The molecular weight excluding hydrogens is 440 g/mol. The summed E-state index contributed by atoms with van der Waals surface area (Å²) >= 11 is 6.03. The quantitative estimate of drug-likeness (QED) is 0.715. The fraction of sp³-hybridized carbons (Fsp3) is 0.462. The molecule has 0 aliphatic carbocycles. The summed E-state index contributed by atoms with van der Waals surface area (Å²) in [7, 11) is 0. The van der Waals surface area contributed by atoms with Crippen LogP contribution >= 0.6 is 11.6 Å². The molecule has 3 atom stereocenters. The average Bonchev–Trinajstić information content (AvgIpc) is 2.81. The zero-order valence-electron chi connectivity index (χ0n) is 19.1. The predicted octanol–water partition coefficient (Wildman–Crippen LogP) is 3.62. The molecule has 7 heteroatoms. The number of amides is 2. The number of benzene rings is 2. The molecule has 4 rings (SSSR count). The molecule has 2 amide bonds. The molecule has 2 aromatic rings. The Morgan fingerprint density at radius 2 is 1.82 bits per heavy atom. The molecule has 0 bridgehead atoms. The molecule has 2 aromatic carbocycles. The number of likely N-dealkylation sites (tertiary alicyclic amines) is 1. The summed E-state index contributed by atoms with van der Waals surface area (Å²) in [6.45, 7) is 5.57. The van der Waals surface area contributed by atoms with Crippen molar-refractivity contribution in [2.24, 2.45) is 11.3 Å². The summed E-state index contributed by atoms with van der Waals surface area (Å²) < 4.78 is 5.62. The summed E-state index contributed by atoms with van der Waals surface area (Å²) in [6.07, 6.45) is 1.00. The van der Waals surface area contributed by atoms with Crippen LogP contribution in [0.4, 0.5) is 0 Å². The molecule has 176 valence electrons. The van der Waals surface area contributed by atoms with Gasteiger partial charge in [-0.2, -0.15) is 0 Å². The van der Waals surface area contributed by atoms with Crippen LogP contribution in [-0.2, 0) is 15.1 Å². The van der Waals surface area contributed by atoms with Gasteiger partial charge in [-0.3, -0.25) is 9.59 Å². The number of piperidine rings is 1. The Morgan fingerprint density at radius 3 is 2.48 bits per heavy atom. The molecule has 33 heavy (non-hydrogen) atoms. The third kappa shape index (κ3) is 4.79. The van der Waals surface area contributed by atoms with E-state index < -0.39 is 16.9 Å². The van der Waals surface area contributed by atoms with E-state index in [2.05, 4.69) is 5.32 Å². The summed E-state index contributed by atoms with van der Waals surface area (Å²) in [5.41, 5.74) is -0.272. The molecule has 0 saturated carbocycles. The molecule has 2 fully saturated rings. The lowest BCUT2D eigenvalue weighted by Gasteiger charge is -2.51. The molecule has 0 radical (unpaired) electrons. The fourth-order valence-corrected chi connectivity index (χ4v) is 5.13. The van der Waals surface area contributed by atoms with E-state index in [1.54, 1.807) is 24.3 Å². The van der Waals surface area contributed by atoms with Crippen molar-refractivity contribution in [1.82, 2.24) is 10.2 Å². The second kappa shape index (κ2) is 9.45. The third-order valence-corrected chi connectivity index (χ3v) is 7.36. The molecule has 2 N–H and O–H groups in total. The predicted molar refractivity (Wildman–Crippen MR) is 127 cm³/mol. The maximum absolute atomic E-state index is 13.6. The SMILES string of the molecule is CC1(C)CN(C(=O)[C@@H]2COCC[C@@H]2NC(=O)c2ccccc2)CCC1(O)c1ccc(Cl)cc1. The van der Waals surface area contributed by atoms with Crippen LogP contribution in [0.15, 0.2) is 54.6 Å². The van der Waals surface area contributed by atoms with Crippen LogP contribution < -0.4 is 5.32 Å². The molecule has 0 aromatic heterocycles. The maximum Gasteiger partial charge on any atom is 0.251 e. The van der Waals surface area contributed by atoms with Crippen LogP contribution in [0.2, 0.25) is 5.02 Å². The van der Waals surface area contributed by atoms with Crippen molar-refractivity contribution in [1.29, 1.82) is 0 Å². The highest BCUT2D eigenvalue weighted by atomic mass is 35.5. The van der Waals surface area contributed by atoms with Crippen LogP contribution in [0.3, 0.4) is 0 Å². The second-order valence-corrected chi connectivity index (χ2v) is 10.1. The highest BCUT2D eigenvalue weighted by Gasteiger charge is 2.50. The maximum atomic E-state index is 13.6. The van der Waals surface area contributed by atoms with Crippen LogP contribution in [0.25, 0.3) is 0 Å². The summed E-state index contributed by atoms with van der Waals surface area (Å²) in [4.78, 5) is 28.1. The third-order valence-electron chi connectivity index (χ3n) is 7.11. The number of carbonyl (C=O) groups excluding carboxylic acids is 2. The van der Waals surface area contributed by atoms with E-state index in [1.807, 2.05) is 49.1 Å². The Balaban J connectivity index is 1.48. The normalized spacial score (nSPS) is 27.1. The van der Waals surface area contributed by atoms with Crippen LogP contribution in [0.5, 0.6) is 0 Å². The fourth-order valence-electron chi connectivity index (χ4n) is 5.00. The molecule has 6 nitrogen and oxygen atoms in total. The van der Waals surface area contributed by atoms with Gasteiger partial charge in [0.05, 0.1) is 18.1 Å². The van der Waals surface area contributed by atoms with E-state index in [-0.39, 0.29) is 24.5 Å². The Labute approximate surface area is 199 Å². The van der Waals surface area contributed by atoms with E-state index in [0.29, 0.717) is 43.1 Å². The Morgan fingerprint density at radius 1 is 1.12 bits per heavy atom. The van der Waals surface area contributed by atoms with Crippen molar-refractivity contribution in [3.05, 3.63) is 70.7 Å². The number of nitrogens with one attached hydrogen (secondary N) is 1. The van der Waals surface area contributed by atoms with Gasteiger partial charge >= 0.3 is 0 Å². The standard InChI is InChI=1S/C26H31ClN2O4/c1-25(2)17-29(14-13-26(25,32)19-8-10-20(27)11-9-19)24(31)21-16-33-15-12-22(21)28-23(30)18-6-4-3-5-7-18/h3-11,21-22,32H,12-17H2,1-2H3,(H,28,30)/t21-,22+,26?/m1/s1. The van der Waals surface area contributed by atoms with Gasteiger partial charge in [0.1, 0.15) is 0 Å². The van der Waals surface area contributed by atoms with Crippen LogP contribution in [0, 0.1) is 11.3 Å². The lowest BCUT2D eigenvalue weighted by molar-refractivity contribution is -0.160. The van der Waals surface area contributed by atoms with Crippen molar-refractivity contribution in [2.75, 3.05) is 26.3 Å². The number of ether oxygens (including phenoxy) is 1. The summed E-state index contributed by atoms with van der Waals surface area (Å²) in [5.74, 6) is -0.681. The average molecular weight is 471 g/mol. The first-order valence-electron chi connectivity index (χ1n) is 11.4. The van der Waals surface area contributed by atoms with E-state index in [9.17, 15) is 14.7 Å². The van der Waals surface area contributed by atoms with Crippen LogP contribution in [-0.4, -0.2) is 54.2 Å². The first-order valence-corrected chi connectivity index (χ1v) is 11.8. The van der Waals surface area contributed by atoms with Gasteiger partial charge in [-0.1, -0.05) is 55.8 Å². The highest BCUT2D eigenvalue weighted by Crippen LogP contribution is 2.46. The first-order chi connectivity index (χ1) is 15.7. The molecule has 0 spiro atoms. The van der Waals surface area contributed by atoms with E-state index in [0.717, 1.165) is 5.56 Å². The van der Waals surface area contributed by atoms with Gasteiger partial charge in [0.2, 0.25) is 5.91 Å². The molecule has 1 unspecified atom stereocenters. The lowest BCUT2D eigenvalue weighted by atomic mass is 9.66. The van der Waals surface area contributed by atoms with Gasteiger partial charge in [-0.15, -0.1) is 0 Å². The van der Waals surface area contributed by atoms with E-state index >= 15 is 0 Å². The highest BCUT2D eigenvalue weighted by molar-refractivity contribution is 6.30. The zero-order valence-corrected chi connectivity index (χ0v) is 19.8. The number of halogens is 1. The monoisotopic (exact) mass is 470 g/mol. The Hall–Kier alpha value is -2.41. The number of carbonyl (C=O) groups is 2. The summed E-state index contributed by atoms with van der Waals surface area (Å²) in [5, 5.41) is 15.3. The minimum atomic E-state index is -1.07. The molecule has 2 aliphatic heterocycles. The van der Waals surface area contributed by atoms with Crippen molar-refractivity contribution in [2.45, 2.75) is 38.3 Å². The number of nitrogens with zero attached hydrogens (tertiary/aromatic N) is 1. The van der Waals surface area contributed by atoms with Gasteiger partial charge in [0, 0.05) is 41.7 Å². The van der Waals surface area contributed by atoms with Gasteiger partial charge < -0.3 is 20.1 Å². The number of hydrogen-bond acceptors (Lipinski definition) is 4. The van der Waals surface area contributed by atoms with Crippen molar-refractivity contribution in [3.63, 3.8) is 0 Å².